The molecule has 0 aliphatic rings. The third-order valence-corrected chi connectivity index (χ3v) is 4.25. The smallest absolute Gasteiger partial charge is 0.161 e. The van der Waals surface area contributed by atoms with Crippen molar-refractivity contribution in [2.45, 2.75) is 31.3 Å². The van der Waals surface area contributed by atoms with Crippen LogP contribution in [0.1, 0.15) is 24.2 Å². The molecule has 4 nitrogen and oxygen atoms in total. The maximum atomic E-state index is 6.32. The molecule has 0 saturated heterocycles. The number of ether oxygens (including phenoxy) is 1. The molecule has 0 amide bonds. The van der Waals surface area contributed by atoms with Gasteiger partial charge in [0.1, 0.15) is 0 Å². The summed E-state index contributed by atoms with van der Waals surface area (Å²) in [5.41, 5.74) is 8.55. The monoisotopic (exact) mass is 291 g/mol. The average Bonchev–Trinajstić information content (AvgIpc) is 2.88. The number of aryl methyl sites for hydroxylation is 2. The second-order valence-corrected chi connectivity index (χ2v) is 5.74. The van der Waals surface area contributed by atoms with Crippen molar-refractivity contribution in [3.8, 4) is 5.75 Å². The molecule has 0 aliphatic heterocycles. The number of nitrogens with two attached hydrogens (primary N) is 1. The van der Waals surface area contributed by atoms with Crippen LogP contribution in [-0.4, -0.2) is 22.6 Å². The molecule has 0 spiro atoms. The summed E-state index contributed by atoms with van der Waals surface area (Å²) in [6.45, 7) is 4.94. The fourth-order valence-corrected chi connectivity index (χ4v) is 3.11. The van der Waals surface area contributed by atoms with Crippen molar-refractivity contribution in [1.82, 2.24) is 9.78 Å². The van der Waals surface area contributed by atoms with E-state index in [0.717, 1.165) is 23.7 Å². The van der Waals surface area contributed by atoms with E-state index in [1.807, 2.05) is 4.68 Å². The van der Waals surface area contributed by atoms with Gasteiger partial charge >= 0.3 is 0 Å². The summed E-state index contributed by atoms with van der Waals surface area (Å²) in [6.07, 6.45) is 1.73. The molecule has 2 rings (SSSR count). The first kappa shape index (κ1) is 14.9. The molecule has 2 aromatic rings. The quantitative estimate of drug-likeness (QED) is 0.831. The van der Waals surface area contributed by atoms with E-state index in [0.29, 0.717) is 0 Å². The maximum absolute atomic E-state index is 6.32. The van der Waals surface area contributed by atoms with Crippen LogP contribution in [0, 0.1) is 6.92 Å². The molecule has 5 heteroatoms. The fraction of sp³-hybridized carbons (Fsp3) is 0.400. The molecule has 1 aromatic heterocycles. The lowest BCUT2D eigenvalue weighted by molar-refractivity contribution is 0.403. The lowest BCUT2D eigenvalue weighted by Gasteiger charge is -2.15. The highest BCUT2D eigenvalue weighted by molar-refractivity contribution is 7.99. The zero-order valence-corrected chi connectivity index (χ0v) is 13.0. The van der Waals surface area contributed by atoms with Crippen molar-refractivity contribution in [3.63, 3.8) is 0 Å². The van der Waals surface area contributed by atoms with Gasteiger partial charge in [-0.05, 0) is 26.0 Å². The predicted octanol–water partition coefficient (Wildman–Crippen LogP) is 3.01. The van der Waals surface area contributed by atoms with Crippen LogP contribution in [0.25, 0.3) is 0 Å². The van der Waals surface area contributed by atoms with Gasteiger partial charge in [-0.25, -0.2) is 0 Å². The van der Waals surface area contributed by atoms with E-state index >= 15 is 0 Å². The van der Waals surface area contributed by atoms with E-state index in [2.05, 4.69) is 43.2 Å². The third kappa shape index (κ3) is 3.35. The molecule has 0 aliphatic carbocycles. The Morgan fingerprint density at radius 1 is 1.45 bits per heavy atom. The Morgan fingerprint density at radius 3 is 2.90 bits per heavy atom. The van der Waals surface area contributed by atoms with Gasteiger partial charge in [0.05, 0.1) is 25.0 Å². The minimum Gasteiger partial charge on any atom is -0.493 e. The standard InChI is InChI=1S/C15H21N3OS/c1-4-18-15(14(19-3)9-17-18)13(16)10-20-12-7-5-6-11(2)8-12/h5-9,13H,4,10,16H2,1-3H3. The van der Waals surface area contributed by atoms with Crippen molar-refractivity contribution in [1.29, 1.82) is 0 Å². The lowest BCUT2D eigenvalue weighted by atomic mass is 10.2. The van der Waals surface area contributed by atoms with E-state index < -0.39 is 0 Å². The number of aromatic nitrogens is 2. The molecule has 1 heterocycles. The molecule has 20 heavy (non-hydrogen) atoms. The highest BCUT2D eigenvalue weighted by Gasteiger charge is 2.18. The van der Waals surface area contributed by atoms with Crippen LogP contribution in [0.5, 0.6) is 5.75 Å². The molecule has 1 aromatic carbocycles. The SMILES string of the molecule is CCn1ncc(OC)c1C(N)CSc1cccc(C)c1. The molecule has 1 unspecified atom stereocenters. The number of thioether (sulfide) groups is 1. The average molecular weight is 291 g/mol. The van der Waals surface area contributed by atoms with Crippen LogP contribution >= 0.6 is 11.8 Å². The minimum atomic E-state index is -0.0992. The number of rotatable bonds is 6. The van der Waals surface area contributed by atoms with Gasteiger partial charge in [0.15, 0.2) is 5.75 Å². The summed E-state index contributed by atoms with van der Waals surface area (Å²) in [5, 5.41) is 4.30. The first-order valence-corrected chi connectivity index (χ1v) is 7.69. The van der Waals surface area contributed by atoms with Gasteiger partial charge in [0, 0.05) is 17.2 Å². The molecule has 0 fully saturated rings. The molecule has 108 valence electrons. The summed E-state index contributed by atoms with van der Waals surface area (Å²) in [6, 6.07) is 8.35. The highest BCUT2D eigenvalue weighted by Crippen LogP contribution is 2.29. The topological polar surface area (TPSA) is 53.1 Å². The summed E-state index contributed by atoms with van der Waals surface area (Å²) in [4.78, 5) is 1.24. The number of hydrogen-bond donors (Lipinski definition) is 1. The van der Waals surface area contributed by atoms with E-state index in [1.165, 1.54) is 10.5 Å². The number of benzene rings is 1. The fourth-order valence-electron chi connectivity index (χ4n) is 2.13. The van der Waals surface area contributed by atoms with Crippen molar-refractivity contribution < 1.29 is 4.74 Å². The third-order valence-electron chi connectivity index (χ3n) is 3.13. The second kappa shape index (κ2) is 6.81. The van der Waals surface area contributed by atoms with E-state index in [1.54, 1.807) is 25.1 Å². The van der Waals surface area contributed by atoms with Gasteiger partial charge in [-0.15, -0.1) is 11.8 Å². The summed E-state index contributed by atoms with van der Waals surface area (Å²) in [5.74, 6) is 1.56. The van der Waals surface area contributed by atoms with E-state index in [4.69, 9.17) is 10.5 Å². The minimum absolute atomic E-state index is 0.0992. The Labute approximate surface area is 124 Å². The Morgan fingerprint density at radius 2 is 2.25 bits per heavy atom. The molecule has 0 radical (unpaired) electrons. The Balaban J connectivity index is 2.08. The summed E-state index contributed by atoms with van der Waals surface area (Å²) >= 11 is 1.76. The first-order chi connectivity index (χ1) is 9.65. The lowest BCUT2D eigenvalue weighted by Crippen LogP contribution is -2.19. The van der Waals surface area contributed by atoms with Crippen molar-refractivity contribution >= 4 is 11.8 Å². The van der Waals surface area contributed by atoms with Gasteiger partial charge < -0.3 is 10.5 Å². The van der Waals surface area contributed by atoms with Crippen LogP contribution in [0.2, 0.25) is 0 Å². The predicted molar refractivity (Wildman–Crippen MR) is 83.3 cm³/mol. The van der Waals surface area contributed by atoms with E-state index in [-0.39, 0.29) is 6.04 Å². The number of hydrogen-bond acceptors (Lipinski definition) is 4. The highest BCUT2D eigenvalue weighted by atomic mass is 32.2. The molecular weight excluding hydrogens is 270 g/mol. The number of methoxy groups -OCH3 is 1. The van der Waals surface area contributed by atoms with Gasteiger partial charge in [0.2, 0.25) is 0 Å². The van der Waals surface area contributed by atoms with Gasteiger partial charge in [-0.2, -0.15) is 5.10 Å². The van der Waals surface area contributed by atoms with Crippen LogP contribution in [-0.2, 0) is 6.54 Å². The molecular formula is C15H21N3OS. The normalized spacial score (nSPS) is 12.4. The van der Waals surface area contributed by atoms with Crippen molar-refractivity contribution in [3.05, 3.63) is 41.7 Å². The molecule has 0 bridgehead atoms. The van der Waals surface area contributed by atoms with Crippen LogP contribution in [0.3, 0.4) is 0 Å². The van der Waals surface area contributed by atoms with Crippen molar-refractivity contribution in [2.75, 3.05) is 12.9 Å². The molecule has 0 saturated carbocycles. The van der Waals surface area contributed by atoms with Crippen LogP contribution in [0.15, 0.2) is 35.4 Å². The van der Waals surface area contributed by atoms with Crippen molar-refractivity contribution in [2.24, 2.45) is 5.73 Å². The molecule has 2 N–H and O–H groups in total. The summed E-state index contributed by atoms with van der Waals surface area (Å²) in [7, 11) is 1.65. The van der Waals surface area contributed by atoms with E-state index in [9.17, 15) is 0 Å². The maximum Gasteiger partial charge on any atom is 0.161 e. The zero-order chi connectivity index (χ0) is 14.5. The zero-order valence-electron chi connectivity index (χ0n) is 12.2. The van der Waals surface area contributed by atoms with Crippen LogP contribution in [0.4, 0.5) is 0 Å². The van der Waals surface area contributed by atoms with Gasteiger partial charge in [-0.3, -0.25) is 4.68 Å². The van der Waals surface area contributed by atoms with Gasteiger partial charge in [0.25, 0.3) is 0 Å². The summed E-state index contributed by atoms with van der Waals surface area (Å²) < 4.78 is 7.25. The molecule has 1 atom stereocenters. The van der Waals surface area contributed by atoms with Crippen LogP contribution < -0.4 is 10.5 Å². The Kier molecular flexibility index (Phi) is 5.09. The largest absolute Gasteiger partial charge is 0.493 e. The Bertz CT molecular complexity index is 546. The Hall–Kier alpha value is -1.46. The van der Waals surface area contributed by atoms with Gasteiger partial charge in [-0.1, -0.05) is 17.7 Å². The number of nitrogens with zero attached hydrogens (tertiary/aromatic N) is 2. The second-order valence-electron chi connectivity index (χ2n) is 4.65. The first-order valence-electron chi connectivity index (χ1n) is 6.70.